The summed E-state index contributed by atoms with van der Waals surface area (Å²) < 4.78 is 2.02. The van der Waals surface area contributed by atoms with E-state index in [1.807, 2.05) is 10.6 Å². The van der Waals surface area contributed by atoms with E-state index < -0.39 is 5.91 Å². The molecule has 0 aromatic carbocycles. The minimum absolute atomic E-state index is 0.177. The molecule has 1 saturated carbocycles. The molecule has 0 saturated heterocycles. The summed E-state index contributed by atoms with van der Waals surface area (Å²) in [6.07, 6.45) is 6.92. The van der Waals surface area contributed by atoms with E-state index in [0.29, 0.717) is 23.0 Å². The van der Waals surface area contributed by atoms with E-state index in [9.17, 15) is 9.59 Å². The van der Waals surface area contributed by atoms with Crippen LogP contribution in [0.15, 0.2) is 17.8 Å². The van der Waals surface area contributed by atoms with Crippen LogP contribution in [0.3, 0.4) is 0 Å². The van der Waals surface area contributed by atoms with Gasteiger partial charge >= 0.3 is 0 Å². The predicted octanol–water partition coefficient (Wildman–Crippen LogP) is 2.72. The highest BCUT2D eigenvalue weighted by atomic mass is 32.2. The summed E-state index contributed by atoms with van der Waals surface area (Å²) in [5, 5.41) is 12.7. The maximum Gasteiger partial charge on any atom is 0.251 e. The molecule has 142 valence electrons. The molecule has 1 fully saturated rings. The Labute approximate surface area is 165 Å². The van der Waals surface area contributed by atoms with Gasteiger partial charge in [0.05, 0.1) is 11.3 Å². The number of thioether (sulfide) groups is 1. The fraction of sp³-hybridized carbons (Fsp3) is 0.444. The van der Waals surface area contributed by atoms with E-state index >= 15 is 0 Å². The van der Waals surface area contributed by atoms with Crippen LogP contribution in [-0.2, 0) is 24.2 Å². The molecular formula is C18H21N5O2S2. The number of thiophene rings is 1. The van der Waals surface area contributed by atoms with Crippen LogP contribution in [0.4, 0.5) is 5.00 Å². The van der Waals surface area contributed by atoms with Gasteiger partial charge in [0.1, 0.15) is 10.8 Å². The Hall–Kier alpha value is -2.13. The number of amides is 2. The van der Waals surface area contributed by atoms with Gasteiger partial charge in [0.25, 0.3) is 5.91 Å². The van der Waals surface area contributed by atoms with Crippen LogP contribution in [0.5, 0.6) is 0 Å². The quantitative estimate of drug-likeness (QED) is 0.521. The van der Waals surface area contributed by atoms with E-state index in [1.165, 1.54) is 23.1 Å². The average Bonchev–Trinajstić information content (AvgIpc) is 3.08. The molecule has 2 heterocycles. The Kier molecular flexibility index (Phi) is 5.05. The zero-order valence-electron chi connectivity index (χ0n) is 14.9. The molecule has 9 heteroatoms. The van der Waals surface area contributed by atoms with Gasteiger partial charge in [0.15, 0.2) is 5.16 Å². The first-order valence-corrected chi connectivity index (χ1v) is 10.8. The number of primary amides is 1. The summed E-state index contributed by atoms with van der Waals surface area (Å²) in [6.45, 7) is 4.42. The summed E-state index contributed by atoms with van der Waals surface area (Å²) in [4.78, 5) is 25.4. The Balaban J connectivity index is 1.44. The third-order valence-electron chi connectivity index (χ3n) is 4.75. The van der Waals surface area contributed by atoms with Gasteiger partial charge in [0, 0.05) is 17.3 Å². The highest BCUT2D eigenvalue weighted by Gasteiger charge is 2.30. The van der Waals surface area contributed by atoms with E-state index in [-0.39, 0.29) is 11.7 Å². The van der Waals surface area contributed by atoms with Crippen molar-refractivity contribution in [2.45, 2.75) is 49.7 Å². The fourth-order valence-corrected chi connectivity index (χ4v) is 5.46. The van der Waals surface area contributed by atoms with Crippen molar-refractivity contribution in [3.05, 3.63) is 34.5 Å². The zero-order valence-corrected chi connectivity index (χ0v) is 16.5. The SMILES string of the molecule is C=CCn1c(SCC(=O)Nc2sc3c(c2C(N)=O)CCC3)nnc1C1CC1. The minimum Gasteiger partial charge on any atom is -0.365 e. The first-order chi connectivity index (χ1) is 13.1. The number of allylic oxidation sites excluding steroid dienone is 1. The fourth-order valence-electron chi connectivity index (χ4n) is 3.40. The molecule has 0 spiro atoms. The first kappa shape index (κ1) is 18.2. The lowest BCUT2D eigenvalue weighted by Crippen LogP contribution is -2.19. The van der Waals surface area contributed by atoms with E-state index in [0.717, 1.165) is 53.5 Å². The summed E-state index contributed by atoms with van der Waals surface area (Å²) in [6, 6.07) is 0. The summed E-state index contributed by atoms with van der Waals surface area (Å²) >= 11 is 2.81. The summed E-state index contributed by atoms with van der Waals surface area (Å²) in [7, 11) is 0. The van der Waals surface area contributed by atoms with Crippen molar-refractivity contribution in [3.63, 3.8) is 0 Å². The number of nitrogens with two attached hydrogens (primary N) is 1. The standard InChI is InChI=1S/C18H21N5O2S2/c1-2-8-23-16(10-6-7-10)21-22-18(23)26-9-13(24)20-17-14(15(19)25)11-4-3-5-12(11)27-17/h2,10H,1,3-9H2,(H2,19,25)(H,20,24). The van der Waals surface area contributed by atoms with E-state index in [1.54, 1.807) is 0 Å². The molecule has 27 heavy (non-hydrogen) atoms. The monoisotopic (exact) mass is 403 g/mol. The number of nitrogens with one attached hydrogen (secondary N) is 1. The second-order valence-corrected chi connectivity index (χ2v) is 8.82. The number of aryl methyl sites for hydroxylation is 1. The van der Waals surface area contributed by atoms with Crippen molar-refractivity contribution in [2.75, 3.05) is 11.1 Å². The highest BCUT2D eigenvalue weighted by molar-refractivity contribution is 7.99. The molecule has 0 bridgehead atoms. The molecule has 2 aromatic rings. The lowest BCUT2D eigenvalue weighted by atomic mass is 10.1. The van der Waals surface area contributed by atoms with Gasteiger partial charge in [-0.1, -0.05) is 17.8 Å². The smallest absolute Gasteiger partial charge is 0.251 e. The number of fused-ring (bicyclic) bond motifs is 1. The number of nitrogens with zero attached hydrogens (tertiary/aromatic N) is 3. The highest BCUT2D eigenvalue weighted by Crippen LogP contribution is 2.40. The van der Waals surface area contributed by atoms with Crippen molar-refractivity contribution in [3.8, 4) is 0 Å². The van der Waals surface area contributed by atoms with Gasteiger partial charge in [-0.2, -0.15) is 0 Å². The maximum absolute atomic E-state index is 12.5. The normalized spacial score (nSPS) is 15.6. The van der Waals surface area contributed by atoms with Crippen molar-refractivity contribution in [2.24, 2.45) is 5.73 Å². The molecule has 2 aliphatic rings. The lowest BCUT2D eigenvalue weighted by Gasteiger charge is -2.08. The van der Waals surface area contributed by atoms with Gasteiger partial charge in [-0.25, -0.2) is 0 Å². The van der Waals surface area contributed by atoms with Gasteiger partial charge in [-0.3, -0.25) is 9.59 Å². The molecule has 2 amide bonds. The third-order valence-corrected chi connectivity index (χ3v) is 6.93. The second-order valence-electron chi connectivity index (χ2n) is 6.78. The van der Waals surface area contributed by atoms with Crippen molar-refractivity contribution in [1.82, 2.24) is 14.8 Å². The Morgan fingerprint density at radius 1 is 1.37 bits per heavy atom. The van der Waals surface area contributed by atoms with Gasteiger partial charge in [-0.15, -0.1) is 28.1 Å². The summed E-state index contributed by atoms with van der Waals surface area (Å²) in [5.41, 5.74) is 7.04. The molecule has 2 aromatic heterocycles. The van der Waals surface area contributed by atoms with Crippen LogP contribution >= 0.6 is 23.1 Å². The molecule has 0 unspecified atom stereocenters. The number of hydrogen-bond acceptors (Lipinski definition) is 6. The average molecular weight is 404 g/mol. The van der Waals surface area contributed by atoms with Crippen LogP contribution in [-0.4, -0.2) is 32.3 Å². The van der Waals surface area contributed by atoms with E-state index in [4.69, 9.17) is 5.73 Å². The van der Waals surface area contributed by atoms with Crippen molar-refractivity contribution >= 4 is 39.9 Å². The molecule has 7 nitrogen and oxygen atoms in total. The summed E-state index contributed by atoms with van der Waals surface area (Å²) in [5.74, 6) is 0.997. The Morgan fingerprint density at radius 3 is 2.89 bits per heavy atom. The molecule has 2 aliphatic carbocycles. The number of anilines is 1. The van der Waals surface area contributed by atoms with Crippen LogP contribution in [0.25, 0.3) is 0 Å². The number of carbonyl (C=O) groups is 2. The Morgan fingerprint density at radius 2 is 2.19 bits per heavy atom. The largest absolute Gasteiger partial charge is 0.365 e. The molecule has 3 N–H and O–H groups in total. The zero-order chi connectivity index (χ0) is 19.0. The molecular weight excluding hydrogens is 382 g/mol. The number of carbonyl (C=O) groups excluding carboxylic acids is 2. The Bertz CT molecular complexity index is 913. The molecule has 0 aliphatic heterocycles. The van der Waals surface area contributed by atoms with E-state index in [2.05, 4.69) is 22.1 Å². The van der Waals surface area contributed by atoms with Crippen molar-refractivity contribution < 1.29 is 9.59 Å². The predicted molar refractivity (Wildman–Crippen MR) is 106 cm³/mol. The number of aromatic nitrogens is 3. The molecule has 0 atom stereocenters. The molecule has 0 radical (unpaired) electrons. The van der Waals surface area contributed by atoms with Crippen LogP contribution in [0, 0.1) is 0 Å². The lowest BCUT2D eigenvalue weighted by molar-refractivity contribution is -0.113. The van der Waals surface area contributed by atoms with Gasteiger partial charge < -0.3 is 15.6 Å². The maximum atomic E-state index is 12.5. The second kappa shape index (κ2) is 7.47. The van der Waals surface area contributed by atoms with Gasteiger partial charge in [0.2, 0.25) is 5.91 Å². The molecule has 4 rings (SSSR count). The topological polar surface area (TPSA) is 103 Å². The number of hydrogen-bond donors (Lipinski definition) is 2. The van der Waals surface area contributed by atoms with Crippen molar-refractivity contribution in [1.29, 1.82) is 0 Å². The minimum atomic E-state index is -0.475. The first-order valence-electron chi connectivity index (χ1n) is 8.99. The van der Waals surface area contributed by atoms with Crippen LogP contribution in [0.1, 0.15) is 51.8 Å². The van der Waals surface area contributed by atoms with Crippen LogP contribution in [0.2, 0.25) is 0 Å². The third kappa shape index (κ3) is 3.66. The van der Waals surface area contributed by atoms with Gasteiger partial charge in [-0.05, 0) is 37.7 Å². The number of rotatable bonds is 8. The van der Waals surface area contributed by atoms with Crippen LogP contribution < -0.4 is 11.1 Å².